The molecule has 0 unspecified atom stereocenters. The van der Waals surface area contributed by atoms with Gasteiger partial charge in [0.25, 0.3) is 5.91 Å². The molecule has 3 aromatic rings. The van der Waals surface area contributed by atoms with Crippen molar-refractivity contribution in [2.45, 2.75) is 13.1 Å². The van der Waals surface area contributed by atoms with Crippen molar-refractivity contribution in [2.75, 3.05) is 13.2 Å². The van der Waals surface area contributed by atoms with Crippen LogP contribution in [0.15, 0.2) is 61.4 Å². The lowest BCUT2D eigenvalue weighted by atomic mass is 10.1. The van der Waals surface area contributed by atoms with Gasteiger partial charge in [0.15, 0.2) is 0 Å². The van der Waals surface area contributed by atoms with Crippen molar-refractivity contribution in [3.05, 3.63) is 72.8 Å². The normalized spacial score (nSPS) is 16.6. The Bertz CT molecular complexity index is 866. The summed E-state index contributed by atoms with van der Waals surface area (Å²) < 4.78 is 7.97. The van der Waals surface area contributed by atoms with E-state index >= 15 is 0 Å². The number of imidazole rings is 1. The number of ether oxygens (including phenoxy) is 1. The molecule has 0 N–H and O–H groups in total. The van der Waals surface area contributed by atoms with Crippen LogP contribution in [0, 0.1) is 5.92 Å². The summed E-state index contributed by atoms with van der Waals surface area (Å²) in [5, 5.41) is 0. The molecule has 0 saturated carbocycles. The van der Waals surface area contributed by atoms with Crippen LogP contribution in [0.3, 0.4) is 0 Å². The van der Waals surface area contributed by atoms with Crippen molar-refractivity contribution >= 4 is 5.91 Å². The number of hydrogen-bond acceptors (Lipinski definition) is 5. The molecule has 26 heavy (non-hydrogen) atoms. The minimum absolute atomic E-state index is 0.0408. The van der Waals surface area contributed by atoms with Crippen LogP contribution >= 0.6 is 0 Å². The third kappa shape index (κ3) is 3.56. The van der Waals surface area contributed by atoms with E-state index < -0.39 is 0 Å². The van der Waals surface area contributed by atoms with Gasteiger partial charge < -0.3 is 14.2 Å². The maximum atomic E-state index is 12.9. The van der Waals surface area contributed by atoms with Gasteiger partial charge in [0, 0.05) is 50.0 Å². The van der Waals surface area contributed by atoms with Crippen LogP contribution < -0.4 is 4.74 Å². The number of carbonyl (C=O) groups excluding carboxylic acids is 1. The number of fused-ring (bicyclic) bond motifs is 1. The lowest BCUT2D eigenvalue weighted by Crippen LogP contribution is -2.35. The molecule has 132 valence electrons. The predicted octanol–water partition coefficient (Wildman–Crippen LogP) is 2.02. The van der Waals surface area contributed by atoms with Gasteiger partial charge in [-0.05, 0) is 24.3 Å². The molecule has 4 heterocycles. The van der Waals surface area contributed by atoms with Crippen molar-refractivity contribution in [3.63, 3.8) is 0 Å². The molecular formula is C19H19N5O2. The molecule has 1 amide bonds. The highest BCUT2D eigenvalue weighted by atomic mass is 16.5. The number of nitrogens with zero attached hydrogens (tertiary/aromatic N) is 5. The topological polar surface area (TPSA) is 73.1 Å². The lowest BCUT2D eigenvalue weighted by Gasteiger charge is -2.24. The molecule has 0 aliphatic carbocycles. The highest BCUT2D eigenvalue weighted by Gasteiger charge is 2.27. The molecule has 0 aromatic carbocycles. The summed E-state index contributed by atoms with van der Waals surface area (Å²) in [6, 6.07) is 7.28. The third-order valence-corrected chi connectivity index (χ3v) is 4.38. The maximum absolute atomic E-state index is 12.9. The van der Waals surface area contributed by atoms with Gasteiger partial charge in [-0.15, -0.1) is 0 Å². The van der Waals surface area contributed by atoms with Crippen LogP contribution in [0.2, 0.25) is 0 Å². The first kappa shape index (κ1) is 16.3. The average molecular weight is 349 g/mol. The van der Waals surface area contributed by atoms with Gasteiger partial charge in [0.2, 0.25) is 0 Å². The summed E-state index contributed by atoms with van der Waals surface area (Å²) in [5.41, 5.74) is 0.583. The van der Waals surface area contributed by atoms with Crippen molar-refractivity contribution in [1.82, 2.24) is 24.4 Å². The quantitative estimate of drug-likeness (QED) is 0.720. The second kappa shape index (κ2) is 7.35. The summed E-state index contributed by atoms with van der Waals surface area (Å²) in [5.74, 6) is 1.71. The molecule has 1 atom stereocenters. The van der Waals surface area contributed by atoms with Gasteiger partial charge in [-0.1, -0.05) is 0 Å². The van der Waals surface area contributed by atoms with Crippen molar-refractivity contribution in [1.29, 1.82) is 0 Å². The van der Waals surface area contributed by atoms with Crippen LogP contribution in [0.5, 0.6) is 5.75 Å². The zero-order valence-electron chi connectivity index (χ0n) is 14.2. The zero-order chi connectivity index (χ0) is 17.8. The first-order valence-corrected chi connectivity index (χ1v) is 8.52. The van der Waals surface area contributed by atoms with E-state index in [-0.39, 0.29) is 11.8 Å². The third-order valence-electron chi connectivity index (χ3n) is 4.38. The molecule has 4 rings (SSSR count). The Morgan fingerprint density at radius 3 is 2.73 bits per heavy atom. The second-order valence-corrected chi connectivity index (χ2v) is 6.29. The molecule has 0 spiro atoms. The number of pyridine rings is 2. The molecule has 7 heteroatoms. The van der Waals surface area contributed by atoms with E-state index in [1.165, 1.54) is 0 Å². The van der Waals surface area contributed by atoms with Crippen LogP contribution in [0.4, 0.5) is 0 Å². The monoisotopic (exact) mass is 349 g/mol. The van der Waals surface area contributed by atoms with Crippen LogP contribution in [-0.2, 0) is 13.1 Å². The molecule has 0 saturated heterocycles. The van der Waals surface area contributed by atoms with Crippen LogP contribution in [0.25, 0.3) is 0 Å². The van der Waals surface area contributed by atoms with Gasteiger partial charge in [-0.2, -0.15) is 0 Å². The van der Waals surface area contributed by atoms with E-state index in [4.69, 9.17) is 4.74 Å². The summed E-state index contributed by atoms with van der Waals surface area (Å²) in [7, 11) is 0. The minimum Gasteiger partial charge on any atom is -0.492 e. The SMILES string of the molecule is O=C(c1cccnc1)N1Cc2nccn2C[C@@H](COc2cccnc2)C1. The first-order valence-electron chi connectivity index (χ1n) is 8.52. The van der Waals surface area contributed by atoms with Crippen molar-refractivity contribution in [3.8, 4) is 5.75 Å². The van der Waals surface area contributed by atoms with Crippen LogP contribution in [0.1, 0.15) is 16.2 Å². The Kier molecular flexibility index (Phi) is 4.59. The second-order valence-electron chi connectivity index (χ2n) is 6.29. The maximum Gasteiger partial charge on any atom is 0.255 e. The summed E-state index contributed by atoms with van der Waals surface area (Å²) in [6.45, 7) is 2.33. The predicted molar refractivity (Wildman–Crippen MR) is 94.4 cm³/mol. The summed E-state index contributed by atoms with van der Waals surface area (Å²) >= 11 is 0. The number of rotatable bonds is 4. The Balaban J connectivity index is 1.53. The highest BCUT2D eigenvalue weighted by Crippen LogP contribution is 2.19. The Labute approximate surface area is 151 Å². The minimum atomic E-state index is -0.0408. The molecule has 0 fully saturated rings. The fourth-order valence-electron chi connectivity index (χ4n) is 3.12. The summed E-state index contributed by atoms with van der Waals surface area (Å²) in [6.07, 6.45) is 10.4. The van der Waals surface area contributed by atoms with Gasteiger partial charge in [-0.25, -0.2) is 4.98 Å². The Hall–Kier alpha value is -3.22. The van der Waals surface area contributed by atoms with Crippen LogP contribution in [-0.4, -0.2) is 43.5 Å². The molecule has 0 bridgehead atoms. The van der Waals surface area contributed by atoms with Crippen molar-refractivity contribution in [2.24, 2.45) is 5.92 Å². The lowest BCUT2D eigenvalue weighted by molar-refractivity contribution is 0.0699. The first-order chi connectivity index (χ1) is 12.8. The van der Waals surface area contributed by atoms with Gasteiger partial charge in [0.05, 0.1) is 24.9 Å². The fourth-order valence-corrected chi connectivity index (χ4v) is 3.12. The van der Waals surface area contributed by atoms with E-state index in [9.17, 15) is 4.79 Å². The Morgan fingerprint density at radius 2 is 1.96 bits per heavy atom. The molecule has 0 radical (unpaired) electrons. The number of carbonyl (C=O) groups is 1. The number of hydrogen-bond donors (Lipinski definition) is 0. The number of amides is 1. The molecule has 1 aliphatic heterocycles. The summed E-state index contributed by atoms with van der Waals surface area (Å²) in [4.78, 5) is 27.2. The van der Waals surface area contributed by atoms with Crippen molar-refractivity contribution < 1.29 is 9.53 Å². The Morgan fingerprint density at radius 1 is 1.12 bits per heavy atom. The number of aromatic nitrogens is 4. The van der Waals surface area contributed by atoms with Gasteiger partial charge in [0.1, 0.15) is 11.6 Å². The van der Waals surface area contributed by atoms with E-state index in [1.54, 1.807) is 43.1 Å². The van der Waals surface area contributed by atoms with E-state index in [0.29, 0.717) is 25.3 Å². The zero-order valence-corrected chi connectivity index (χ0v) is 14.2. The highest BCUT2D eigenvalue weighted by molar-refractivity contribution is 5.93. The van der Waals surface area contributed by atoms with Gasteiger partial charge in [-0.3, -0.25) is 14.8 Å². The van der Waals surface area contributed by atoms with Gasteiger partial charge >= 0.3 is 0 Å². The molecule has 7 nitrogen and oxygen atoms in total. The fraction of sp³-hybridized carbons (Fsp3) is 0.263. The average Bonchev–Trinajstić information content (AvgIpc) is 3.05. The smallest absolute Gasteiger partial charge is 0.255 e. The largest absolute Gasteiger partial charge is 0.492 e. The molecule has 1 aliphatic rings. The van der Waals surface area contributed by atoms with E-state index in [2.05, 4.69) is 19.5 Å². The van der Waals surface area contributed by atoms with E-state index in [0.717, 1.165) is 18.1 Å². The standard InChI is InChI=1S/C19H19N5O2/c25-19(16-3-1-5-20-9-16)24-12-15(11-23-8-7-22-18(23)13-24)14-26-17-4-2-6-21-10-17/h1-10,15H,11-14H2/t15-/m1/s1. The van der Waals surface area contributed by atoms with E-state index in [1.807, 2.05) is 23.2 Å². The molecular weight excluding hydrogens is 330 g/mol. The molecule has 3 aromatic heterocycles.